The van der Waals surface area contributed by atoms with E-state index in [9.17, 15) is 9.59 Å². The van der Waals surface area contributed by atoms with Gasteiger partial charge in [0.25, 0.3) is 5.91 Å². The van der Waals surface area contributed by atoms with E-state index >= 15 is 0 Å². The Morgan fingerprint density at radius 3 is 2.19 bits per heavy atom. The van der Waals surface area contributed by atoms with E-state index in [1.807, 2.05) is 9.80 Å². The number of rotatable bonds is 2. The Balaban J connectivity index is 0.00000161. The van der Waals surface area contributed by atoms with Crippen LogP contribution in [0.15, 0.2) is 0 Å². The monoisotopic (exact) mass is 317 g/mol. The van der Waals surface area contributed by atoms with Crippen molar-refractivity contribution >= 4 is 24.2 Å². The summed E-state index contributed by atoms with van der Waals surface area (Å²) in [5.74, 6) is 0.492. The number of nitrogens with zero attached hydrogens (tertiary/aromatic N) is 2. The molecule has 21 heavy (non-hydrogen) atoms. The van der Waals surface area contributed by atoms with Crippen molar-refractivity contribution in [1.82, 2.24) is 15.1 Å². The molecule has 2 atom stereocenters. The van der Waals surface area contributed by atoms with Crippen LogP contribution in [0.5, 0.6) is 0 Å². The lowest BCUT2D eigenvalue weighted by Crippen LogP contribution is -2.54. The highest BCUT2D eigenvalue weighted by Crippen LogP contribution is 2.17. The van der Waals surface area contributed by atoms with Crippen LogP contribution in [-0.2, 0) is 14.3 Å². The van der Waals surface area contributed by atoms with Crippen molar-refractivity contribution in [3.63, 3.8) is 0 Å². The molecule has 3 aliphatic heterocycles. The third kappa shape index (κ3) is 3.67. The number of amides is 2. The minimum absolute atomic E-state index is 0. The van der Waals surface area contributed by atoms with Gasteiger partial charge in [-0.15, -0.1) is 12.4 Å². The lowest BCUT2D eigenvalue weighted by molar-refractivity contribution is -0.147. The van der Waals surface area contributed by atoms with E-state index in [1.54, 1.807) is 0 Å². The lowest BCUT2D eigenvalue weighted by Gasteiger charge is -2.36. The molecule has 2 unspecified atom stereocenters. The Kier molecular flexibility index (Phi) is 5.84. The van der Waals surface area contributed by atoms with Gasteiger partial charge in [0.1, 0.15) is 6.10 Å². The number of carbonyl (C=O) groups is 2. The van der Waals surface area contributed by atoms with Gasteiger partial charge in [-0.1, -0.05) is 0 Å². The summed E-state index contributed by atoms with van der Waals surface area (Å²) in [5, 5.41) is 3.23. The van der Waals surface area contributed by atoms with E-state index < -0.39 is 0 Å². The highest BCUT2D eigenvalue weighted by atomic mass is 35.5. The first kappa shape index (κ1) is 16.5. The molecule has 0 aromatic carbocycles. The minimum atomic E-state index is -0.240. The second-order valence-corrected chi connectivity index (χ2v) is 5.84. The van der Waals surface area contributed by atoms with Crippen LogP contribution < -0.4 is 5.32 Å². The molecule has 120 valence electrons. The molecule has 0 spiro atoms. The first-order valence-electron chi connectivity index (χ1n) is 7.65. The highest BCUT2D eigenvalue weighted by molar-refractivity contribution is 5.85. The zero-order valence-corrected chi connectivity index (χ0v) is 13.1. The fourth-order valence-corrected chi connectivity index (χ4v) is 3.25. The molecular formula is C14H24ClN3O3. The predicted octanol–water partition coefficient (Wildman–Crippen LogP) is -0.132. The number of halogens is 1. The Labute approximate surface area is 131 Å². The minimum Gasteiger partial charge on any atom is -0.368 e. The zero-order chi connectivity index (χ0) is 13.9. The van der Waals surface area contributed by atoms with Gasteiger partial charge in [0, 0.05) is 39.3 Å². The quantitative estimate of drug-likeness (QED) is 0.770. The van der Waals surface area contributed by atoms with Crippen molar-refractivity contribution in [3.8, 4) is 0 Å². The first-order valence-corrected chi connectivity index (χ1v) is 7.65. The summed E-state index contributed by atoms with van der Waals surface area (Å²) in [6.07, 6.45) is 2.51. The molecule has 0 saturated carbocycles. The van der Waals surface area contributed by atoms with Gasteiger partial charge in [-0.3, -0.25) is 9.59 Å². The van der Waals surface area contributed by atoms with Crippen molar-refractivity contribution in [3.05, 3.63) is 0 Å². The van der Waals surface area contributed by atoms with Crippen molar-refractivity contribution in [2.75, 3.05) is 45.9 Å². The Hall–Kier alpha value is -0.850. The molecule has 0 aromatic heterocycles. The molecule has 7 heteroatoms. The average molecular weight is 318 g/mol. The van der Waals surface area contributed by atoms with Crippen LogP contribution in [0.4, 0.5) is 0 Å². The summed E-state index contributed by atoms with van der Waals surface area (Å²) in [5.41, 5.74) is 0. The van der Waals surface area contributed by atoms with Gasteiger partial charge in [0.15, 0.2) is 0 Å². The molecule has 3 saturated heterocycles. The molecule has 3 fully saturated rings. The highest BCUT2D eigenvalue weighted by Gasteiger charge is 2.33. The maximum absolute atomic E-state index is 12.3. The lowest BCUT2D eigenvalue weighted by atomic mass is 10.1. The van der Waals surface area contributed by atoms with E-state index in [0.717, 1.165) is 32.4 Å². The van der Waals surface area contributed by atoms with Crippen molar-refractivity contribution in [1.29, 1.82) is 0 Å². The summed E-state index contributed by atoms with van der Waals surface area (Å²) >= 11 is 0. The first-order chi connectivity index (χ1) is 9.75. The van der Waals surface area contributed by atoms with E-state index in [-0.39, 0.29) is 36.2 Å². The second-order valence-electron chi connectivity index (χ2n) is 5.84. The summed E-state index contributed by atoms with van der Waals surface area (Å²) in [6.45, 7) is 5.04. The van der Waals surface area contributed by atoms with Gasteiger partial charge in [-0.2, -0.15) is 0 Å². The number of carbonyl (C=O) groups excluding carboxylic acids is 2. The third-order valence-corrected chi connectivity index (χ3v) is 4.52. The van der Waals surface area contributed by atoms with Gasteiger partial charge in [-0.25, -0.2) is 0 Å². The van der Waals surface area contributed by atoms with Crippen molar-refractivity contribution in [2.45, 2.75) is 25.4 Å². The standard InChI is InChI=1S/C14H23N3O3.ClH/c18-13(11-3-4-15-10-11)16-5-7-17(8-6-16)14(19)12-2-1-9-20-12;/h11-12,15H,1-10H2;1H. The molecule has 6 nitrogen and oxygen atoms in total. The topological polar surface area (TPSA) is 61.9 Å². The summed E-state index contributed by atoms with van der Waals surface area (Å²) < 4.78 is 5.44. The van der Waals surface area contributed by atoms with Gasteiger partial charge in [0.2, 0.25) is 5.91 Å². The number of piperazine rings is 1. The molecular weight excluding hydrogens is 294 g/mol. The van der Waals surface area contributed by atoms with E-state index in [2.05, 4.69) is 5.32 Å². The normalized spacial score (nSPS) is 29.3. The van der Waals surface area contributed by atoms with Crippen LogP contribution in [-0.4, -0.2) is 73.6 Å². The fraction of sp³-hybridized carbons (Fsp3) is 0.857. The van der Waals surface area contributed by atoms with Crippen molar-refractivity contribution < 1.29 is 14.3 Å². The van der Waals surface area contributed by atoms with Gasteiger partial charge < -0.3 is 19.9 Å². The zero-order valence-electron chi connectivity index (χ0n) is 12.3. The number of ether oxygens (including phenoxy) is 1. The van der Waals surface area contributed by atoms with Crippen LogP contribution in [0.3, 0.4) is 0 Å². The van der Waals surface area contributed by atoms with E-state index in [0.29, 0.717) is 32.8 Å². The molecule has 0 bridgehead atoms. The molecule has 0 aliphatic carbocycles. The largest absolute Gasteiger partial charge is 0.368 e. The number of hydrogen-bond acceptors (Lipinski definition) is 4. The van der Waals surface area contributed by atoms with E-state index in [4.69, 9.17) is 4.74 Å². The summed E-state index contributed by atoms with van der Waals surface area (Å²) in [6, 6.07) is 0. The Bertz CT molecular complexity index is 338. The van der Waals surface area contributed by atoms with Gasteiger partial charge in [-0.05, 0) is 25.8 Å². The Morgan fingerprint density at radius 2 is 1.67 bits per heavy atom. The number of nitrogens with one attached hydrogen (secondary N) is 1. The van der Waals surface area contributed by atoms with Crippen LogP contribution in [0.25, 0.3) is 0 Å². The second kappa shape index (κ2) is 7.42. The maximum Gasteiger partial charge on any atom is 0.251 e. The molecule has 3 aliphatic rings. The predicted molar refractivity (Wildman–Crippen MR) is 80.4 cm³/mol. The fourth-order valence-electron chi connectivity index (χ4n) is 3.25. The Morgan fingerprint density at radius 1 is 1.00 bits per heavy atom. The molecule has 3 rings (SSSR count). The molecule has 0 radical (unpaired) electrons. The van der Waals surface area contributed by atoms with E-state index in [1.165, 1.54) is 0 Å². The van der Waals surface area contributed by atoms with Gasteiger partial charge in [0.05, 0.1) is 5.92 Å². The molecule has 2 amide bonds. The SMILES string of the molecule is Cl.O=C(C1CCNC1)N1CCN(C(=O)C2CCCO2)CC1. The van der Waals surface area contributed by atoms with Crippen LogP contribution in [0, 0.1) is 5.92 Å². The van der Waals surface area contributed by atoms with Crippen LogP contribution in [0.1, 0.15) is 19.3 Å². The van der Waals surface area contributed by atoms with Gasteiger partial charge >= 0.3 is 0 Å². The molecule has 1 N–H and O–H groups in total. The smallest absolute Gasteiger partial charge is 0.251 e. The van der Waals surface area contributed by atoms with Crippen molar-refractivity contribution in [2.24, 2.45) is 5.92 Å². The number of hydrogen-bond donors (Lipinski definition) is 1. The molecule has 3 heterocycles. The average Bonchev–Trinajstić information content (AvgIpc) is 3.18. The van der Waals surface area contributed by atoms with Crippen LogP contribution >= 0.6 is 12.4 Å². The third-order valence-electron chi connectivity index (χ3n) is 4.52. The molecule has 0 aromatic rings. The maximum atomic E-state index is 12.3. The summed E-state index contributed by atoms with van der Waals surface area (Å²) in [4.78, 5) is 28.3. The van der Waals surface area contributed by atoms with Crippen LogP contribution in [0.2, 0.25) is 0 Å². The summed E-state index contributed by atoms with van der Waals surface area (Å²) in [7, 11) is 0.